The summed E-state index contributed by atoms with van der Waals surface area (Å²) in [5.74, 6) is -1.01. The Morgan fingerprint density at radius 3 is 2.50 bits per heavy atom. The van der Waals surface area contributed by atoms with Crippen LogP contribution >= 0.6 is 0 Å². The molecule has 0 radical (unpaired) electrons. The second-order valence-corrected chi connectivity index (χ2v) is 3.32. The fraction of sp³-hybridized carbons (Fsp3) is 0.556. The molecule has 0 amide bonds. The van der Waals surface area contributed by atoms with E-state index in [2.05, 4.69) is 5.10 Å². The molecule has 1 aromatic rings. The van der Waals surface area contributed by atoms with Crippen LogP contribution in [0.15, 0.2) is 0 Å². The molecule has 2 N–H and O–H groups in total. The quantitative estimate of drug-likeness (QED) is 0.743. The molecule has 5 heteroatoms. The van der Waals surface area contributed by atoms with E-state index in [9.17, 15) is 9.90 Å². The fourth-order valence-corrected chi connectivity index (χ4v) is 1.54. The Hall–Kier alpha value is -1.36. The zero-order chi connectivity index (χ0) is 10.9. The number of carboxylic acid groups (broad SMARTS) is 1. The molecule has 0 saturated carbocycles. The van der Waals surface area contributed by atoms with Gasteiger partial charge in [0.15, 0.2) is 0 Å². The Balaban J connectivity index is 2.99. The molecule has 0 saturated heterocycles. The second-order valence-electron chi connectivity index (χ2n) is 3.32. The SMILES string of the molecule is Cc1nn(C)c(C)c1C(O)CC(=O)O. The van der Waals surface area contributed by atoms with Gasteiger partial charge in [0.25, 0.3) is 0 Å². The summed E-state index contributed by atoms with van der Waals surface area (Å²) in [5, 5.41) is 22.3. The lowest BCUT2D eigenvalue weighted by Gasteiger charge is -2.08. The maximum atomic E-state index is 10.4. The van der Waals surface area contributed by atoms with E-state index in [1.807, 2.05) is 0 Å². The van der Waals surface area contributed by atoms with Gasteiger partial charge in [-0.3, -0.25) is 9.48 Å². The van der Waals surface area contributed by atoms with Crippen molar-refractivity contribution in [2.45, 2.75) is 26.4 Å². The van der Waals surface area contributed by atoms with Gasteiger partial charge in [0.2, 0.25) is 0 Å². The van der Waals surface area contributed by atoms with Gasteiger partial charge < -0.3 is 10.2 Å². The van der Waals surface area contributed by atoms with E-state index in [1.54, 1.807) is 25.6 Å². The summed E-state index contributed by atoms with van der Waals surface area (Å²) in [4.78, 5) is 10.4. The van der Waals surface area contributed by atoms with Crippen LogP contribution in [0.2, 0.25) is 0 Å². The average Bonchev–Trinajstić information content (AvgIpc) is 2.25. The molecule has 1 atom stereocenters. The molecule has 0 aliphatic heterocycles. The van der Waals surface area contributed by atoms with Crippen LogP contribution in [0.1, 0.15) is 29.5 Å². The molecule has 0 aromatic carbocycles. The van der Waals surface area contributed by atoms with Crippen molar-refractivity contribution in [1.82, 2.24) is 9.78 Å². The van der Waals surface area contributed by atoms with E-state index < -0.39 is 12.1 Å². The number of aryl methyl sites for hydroxylation is 2. The lowest BCUT2D eigenvalue weighted by molar-refractivity contribution is -0.139. The Labute approximate surface area is 82.0 Å². The molecule has 0 fully saturated rings. The summed E-state index contributed by atoms with van der Waals surface area (Å²) in [6, 6.07) is 0. The fourth-order valence-electron chi connectivity index (χ4n) is 1.54. The van der Waals surface area contributed by atoms with Crippen molar-refractivity contribution in [2.75, 3.05) is 0 Å². The van der Waals surface area contributed by atoms with Crippen molar-refractivity contribution in [3.63, 3.8) is 0 Å². The van der Waals surface area contributed by atoms with E-state index in [0.717, 1.165) is 5.69 Å². The molecule has 78 valence electrons. The van der Waals surface area contributed by atoms with Gasteiger partial charge >= 0.3 is 5.97 Å². The topological polar surface area (TPSA) is 75.3 Å². The molecule has 0 bridgehead atoms. The smallest absolute Gasteiger partial charge is 0.306 e. The number of nitrogens with zero attached hydrogens (tertiary/aromatic N) is 2. The van der Waals surface area contributed by atoms with Gasteiger partial charge in [-0.15, -0.1) is 0 Å². The third kappa shape index (κ3) is 1.93. The van der Waals surface area contributed by atoms with Crippen LogP contribution in [0.5, 0.6) is 0 Å². The predicted octanol–water partition coefficient (Wildman–Crippen LogP) is 0.545. The number of aliphatic hydroxyl groups excluding tert-OH is 1. The molecule has 0 aliphatic rings. The molecule has 1 rings (SSSR count). The Morgan fingerprint density at radius 2 is 2.14 bits per heavy atom. The van der Waals surface area contributed by atoms with Gasteiger partial charge in [0.1, 0.15) is 0 Å². The van der Waals surface area contributed by atoms with Crippen LogP contribution in [-0.2, 0) is 11.8 Å². The average molecular weight is 198 g/mol. The zero-order valence-corrected chi connectivity index (χ0v) is 8.48. The summed E-state index contributed by atoms with van der Waals surface area (Å²) >= 11 is 0. The normalized spacial score (nSPS) is 12.9. The van der Waals surface area contributed by atoms with Crippen LogP contribution in [0.25, 0.3) is 0 Å². The molecular formula is C9H14N2O3. The molecular weight excluding hydrogens is 184 g/mol. The molecule has 14 heavy (non-hydrogen) atoms. The van der Waals surface area contributed by atoms with Gasteiger partial charge in [-0.25, -0.2) is 0 Å². The molecule has 1 unspecified atom stereocenters. The highest BCUT2D eigenvalue weighted by Gasteiger charge is 2.19. The molecule has 0 spiro atoms. The number of aromatic nitrogens is 2. The lowest BCUT2D eigenvalue weighted by atomic mass is 10.1. The first-order valence-electron chi connectivity index (χ1n) is 4.33. The first-order valence-corrected chi connectivity index (χ1v) is 4.33. The summed E-state index contributed by atoms with van der Waals surface area (Å²) in [7, 11) is 1.76. The molecule has 1 aromatic heterocycles. The van der Waals surface area contributed by atoms with Crippen molar-refractivity contribution < 1.29 is 15.0 Å². The first kappa shape index (κ1) is 10.7. The standard InChI is InChI=1S/C9H14N2O3/c1-5-9(6(2)11(3)10-5)7(12)4-8(13)14/h7,12H,4H2,1-3H3,(H,13,14). The Morgan fingerprint density at radius 1 is 1.57 bits per heavy atom. The van der Waals surface area contributed by atoms with Crippen molar-refractivity contribution >= 4 is 5.97 Å². The van der Waals surface area contributed by atoms with E-state index in [0.29, 0.717) is 11.3 Å². The maximum Gasteiger partial charge on any atom is 0.306 e. The highest BCUT2D eigenvalue weighted by molar-refractivity contribution is 5.67. The second kappa shape index (κ2) is 3.79. The van der Waals surface area contributed by atoms with Crippen molar-refractivity contribution in [3.05, 3.63) is 17.0 Å². The largest absolute Gasteiger partial charge is 0.481 e. The molecule has 5 nitrogen and oxygen atoms in total. The van der Waals surface area contributed by atoms with Crippen molar-refractivity contribution in [3.8, 4) is 0 Å². The number of carbonyl (C=O) groups is 1. The minimum absolute atomic E-state index is 0.284. The summed E-state index contributed by atoms with van der Waals surface area (Å²) in [5.41, 5.74) is 2.10. The Kier molecular flexibility index (Phi) is 2.90. The predicted molar refractivity (Wildman–Crippen MR) is 49.9 cm³/mol. The third-order valence-electron chi connectivity index (χ3n) is 2.27. The van der Waals surface area contributed by atoms with Crippen LogP contribution in [0.3, 0.4) is 0 Å². The van der Waals surface area contributed by atoms with Crippen molar-refractivity contribution in [1.29, 1.82) is 0 Å². The summed E-state index contributed by atoms with van der Waals surface area (Å²) in [6.07, 6.45) is -1.26. The number of aliphatic carboxylic acids is 1. The van der Waals surface area contributed by atoms with Crippen LogP contribution in [0, 0.1) is 13.8 Å². The van der Waals surface area contributed by atoms with Gasteiger partial charge in [-0.2, -0.15) is 5.10 Å². The minimum atomic E-state index is -1.01. The third-order valence-corrected chi connectivity index (χ3v) is 2.27. The molecule has 1 heterocycles. The lowest BCUT2D eigenvalue weighted by Crippen LogP contribution is -2.07. The highest BCUT2D eigenvalue weighted by atomic mass is 16.4. The minimum Gasteiger partial charge on any atom is -0.481 e. The number of hydrogen-bond acceptors (Lipinski definition) is 3. The van der Waals surface area contributed by atoms with Gasteiger partial charge in [-0.1, -0.05) is 0 Å². The van der Waals surface area contributed by atoms with E-state index in [-0.39, 0.29) is 6.42 Å². The summed E-state index contributed by atoms with van der Waals surface area (Å²) < 4.78 is 1.63. The van der Waals surface area contributed by atoms with Crippen molar-refractivity contribution in [2.24, 2.45) is 7.05 Å². The molecule has 0 aliphatic carbocycles. The van der Waals surface area contributed by atoms with Gasteiger partial charge in [0, 0.05) is 18.3 Å². The first-order chi connectivity index (χ1) is 6.43. The zero-order valence-electron chi connectivity index (χ0n) is 8.48. The number of hydrogen-bond donors (Lipinski definition) is 2. The van der Waals surface area contributed by atoms with E-state index in [4.69, 9.17) is 5.11 Å². The monoisotopic (exact) mass is 198 g/mol. The number of aliphatic hydroxyl groups is 1. The van der Waals surface area contributed by atoms with E-state index >= 15 is 0 Å². The van der Waals surface area contributed by atoms with Crippen LogP contribution in [-0.4, -0.2) is 26.0 Å². The van der Waals surface area contributed by atoms with Gasteiger partial charge in [-0.05, 0) is 13.8 Å². The van der Waals surface area contributed by atoms with Gasteiger partial charge in [0.05, 0.1) is 18.2 Å². The number of rotatable bonds is 3. The summed E-state index contributed by atoms with van der Waals surface area (Å²) in [6.45, 7) is 3.56. The van der Waals surface area contributed by atoms with Crippen LogP contribution < -0.4 is 0 Å². The Bertz CT molecular complexity index is 357. The van der Waals surface area contributed by atoms with E-state index in [1.165, 1.54) is 0 Å². The highest BCUT2D eigenvalue weighted by Crippen LogP contribution is 2.23. The number of carboxylic acids is 1. The maximum absolute atomic E-state index is 10.4. The van der Waals surface area contributed by atoms with Crippen LogP contribution in [0.4, 0.5) is 0 Å².